The molecule has 0 spiro atoms. The highest BCUT2D eigenvalue weighted by molar-refractivity contribution is 8.00. The highest BCUT2D eigenvalue weighted by atomic mass is 32.2. The molecule has 0 bridgehead atoms. The molecule has 1 aromatic carbocycles. The third kappa shape index (κ3) is 3.80. The van der Waals surface area contributed by atoms with Crippen LogP contribution in [0.25, 0.3) is 10.2 Å². The van der Waals surface area contributed by atoms with Crippen LogP contribution in [0.15, 0.2) is 22.5 Å². The number of benzene rings is 1. The molecule has 0 aliphatic carbocycles. The Labute approximate surface area is 121 Å². The van der Waals surface area contributed by atoms with Gasteiger partial charge in [0.2, 0.25) is 0 Å². The highest BCUT2D eigenvalue weighted by Gasteiger charge is 2.03. The number of hydrogen-bond donors (Lipinski definition) is 1. The number of anilines is 1. The minimum Gasteiger partial charge on any atom is -0.385 e. The van der Waals surface area contributed by atoms with Gasteiger partial charge in [-0.2, -0.15) is 11.8 Å². The van der Waals surface area contributed by atoms with Crippen molar-refractivity contribution >= 4 is 50.8 Å². The Morgan fingerprint density at radius 2 is 2.28 bits per heavy atom. The lowest BCUT2D eigenvalue weighted by molar-refractivity contribution is 0.992. The Morgan fingerprint density at radius 1 is 1.39 bits per heavy atom. The molecular formula is C13H18N2S3. The molecule has 0 fully saturated rings. The number of fused-ring (bicyclic) bond motifs is 1. The molecule has 1 N–H and O–H groups in total. The average Bonchev–Trinajstić information content (AvgIpc) is 2.80. The van der Waals surface area contributed by atoms with E-state index in [-0.39, 0.29) is 0 Å². The number of nitrogens with one attached hydrogen (secondary N) is 1. The second-order valence-corrected chi connectivity index (χ2v) is 7.32. The summed E-state index contributed by atoms with van der Waals surface area (Å²) < 4.78 is 2.41. The fraction of sp³-hybridized carbons (Fsp3) is 0.462. The smallest absolute Gasteiger partial charge is 0.150 e. The Balaban J connectivity index is 1.93. The van der Waals surface area contributed by atoms with Crippen LogP contribution in [-0.2, 0) is 0 Å². The number of thioether (sulfide) groups is 2. The SMILES string of the molecule is CCSCCCNc1ccc2nc(SC)sc2c1. The van der Waals surface area contributed by atoms with E-state index in [1.807, 2.05) is 11.8 Å². The second-order valence-electron chi connectivity index (χ2n) is 3.84. The standard InChI is InChI=1S/C13H18N2S3/c1-3-17-8-4-7-14-10-5-6-11-12(9-10)18-13(15-11)16-2/h5-6,9,14H,3-4,7-8H2,1-2H3. The van der Waals surface area contributed by atoms with Gasteiger partial charge in [-0.05, 0) is 42.4 Å². The minimum absolute atomic E-state index is 1.05. The van der Waals surface area contributed by atoms with Crippen LogP contribution in [0.2, 0.25) is 0 Å². The van der Waals surface area contributed by atoms with Gasteiger partial charge in [0.15, 0.2) is 4.34 Å². The monoisotopic (exact) mass is 298 g/mol. The Hall–Kier alpha value is -0.390. The first kappa shape index (κ1) is 14.0. The second kappa shape index (κ2) is 7.26. The molecule has 2 nitrogen and oxygen atoms in total. The zero-order valence-electron chi connectivity index (χ0n) is 10.7. The summed E-state index contributed by atoms with van der Waals surface area (Å²) in [7, 11) is 0. The van der Waals surface area contributed by atoms with Crippen LogP contribution >= 0.6 is 34.9 Å². The Bertz CT molecular complexity index is 496. The molecule has 0 aliphatic heterocycles. The van der Waals surface area contributed by atoms with E-state index in [4.69, 9.17) is 0 Å². The number of nitrogens with zero attached hydrogens (tertiary/aromatic N) is 1. The quantitative estimate of drug-likeness (QED) is 0.598. The summed E-state index contributed by atoms with van der Waals surface area (Å²) in [5, 5.41) is 3.48. The van der Waals surface area contributed by atoms with Gasteiger partial charge in [0.05, 0.1) is 10.2 Å². The van der Waals surface area contributed by atoms with Gasteiger partial charge in [-0.25, -0.2) is 4.98 Å². The van der Waals surface area contributed by atoms with E-state index in [1.165, 1.54) is 28.3 Å². The lowest BCUT2D eigenvalue weighted by atomic mass is 10.3. The van der Waals surface area contributed by atoms with Crippen molar-refractivity contribution < 1.29 is 0 Å². The molecular weight excluding hydrogens is 280 g/mol. The van der Waals surface area contributed by atoms with E-state index in [1.54, 1.807) is 23.1 Å². The largest absolute Gasteiger partial charge is 0.385 e. The number of rotatable bonds is 7. The predicted molar refractivity (Wildman–Crippen MR) is 87.5 cm³/mol. The van der Waals surface area contributed by atoms with Gasteiger partial charge in [-0.15, -0.1) is 11.3 Å². The Kier molecular flexibility index (Phi) is 5.66. The van der Waals surface area contributed by atoms with Crippen molar-refractivity contribution in [1.82, 2.24) is 4.98 Å². The van der Waals surface area contributed by atoms with Gasteiger partial charge >= 0.3 is 0 Å². The van der Waals surface area contributed by atoms with Crippen LogP contribution in [0.4, 0.5) is 5.69 Å². The first-order valence-electron chi connectivity index (χ1n) is 6.09. The maximum atomic E-state index is 4.54. The molecule has 2 aromatic rings. The molecule has 1 heterocycles. The molecule has 0 amide bonds. The summed E-state index contributed by atoms with van der Waals surface area (Å²) in [6.07, 6.45) is 3.29. The molecule has 0 saturated heterocycles. The minimum atomic E-state index is 1.05. The van der Waals surface area contributed by atoms with Crippen LogP contribution in [0.3, 0.4) is 0 Å². The number of hydrogen-bond acceptors (Lipinski definition) is 5. The molecule has 0 saturated carbocycles. The lowest BCUT2D eigenvalue weighted by Crippen LogP contribution is -2.02. The van der Waals surface area contributed by atoms with E-state index >= 15 is 0 Å². The van der Waals surface area contributed by atoms with Crippen molar-refractivity contribution in [3.63, 3.8) is 0 Å². The van der Waals surface area contributed by atoms with Gasteiger partial charge in [-0.3, -0.25) is 0 Å². The first-order valence-corrected chi connectivity index (χ1v) is 9.29. The first-order chi connectivity index (χ1) is 8.83. The van der Waals surface area contributed by atoms with E-state index in [2.05, 4.69) is 41.7 Å². The summed E-state index contributed by atoms with van der Waals surface area (Å²) in [6, 6.07) is 6.44. The molecule has 1 aromatic heterocycles. The zero-order chi connectivity index (χ0) is 12.8. The molecule has 0 aliphatic rings. The van der Waals surface area contributed by atoms with E-state index in [9.17, 15) is 0 Å². The maximum absolute atomic E-state index is 4.54. The van der Waals surface area contributed by atoms with E-state index in [0.717, 1.165) is 16.4 Å². The van der Waals surface area contributed by atoms with E-state index < -0.39 is 0 Å². The topological polar surface area (TPSA) is 24.9 Å². The van der Waals surface area contributed by atoms with Crippen molar-refractivity contribution in [2.24, 2.45) is 0 Å². The predicted octanol–water partition coefficient (Wildman–Crippen LogP) is 4.57. The van der Waals surface area contributed by atoms with Crippen molar-refractivity contribution in [2.45, 2.75) is 17.7 Å². The van der Waals surface area contributed by atoms with Crippen LogP contribution in [0, 0.1) is 0 Å². The van der Waals surface area contributed by atoms with Crippen molar-refractivity contribution in [1.29, 1.82) is 0 Å². The third-order valence-corrected chi connectivity index (χ3v) is 5.53. The fourth-order valence-electron chi connectivity index (χ4n) is 1.65. The van der Waals surface area contributed by atoms with Crippen LogP contribution in [-0.4, -0.2) is 29.3 Å². The van der Waals surface area contributed by atoms with Crippen LogP contribution in [0.1, 0.15) is 13.3 Å². The van der Waals surface area contributed by atoms with E-state index in [0.29, 0.717) is 0 Å². The van der Waals surface area contributed by atoms with Crippen LogP contribution in [0.5, 0.6) is 0 Å². The Morgan fingerprint density at radius 3 is 3.06 bits per heavy atom. The summed E-state index contributed by atoms with van der Waals surface area (Å²) in [6.45, 7) is 3.26. The molecule has 0 unspecified atom stereocenters. The molecule has 5 heteroatoms. The molecule has 98 valence electrons. The van der Waals surface area contributed by atoms with Gasteiger partial charge in [0.1, 0.15) is 0 Å². The lowest BCUT2D eigenvalue weighted by Gasteiger charge is -2.05. The van der Waals surface area contributed by atoms with Crippen molar-refractivity contribution in [2.75, 3.05) is 29.6 Å². The summed E-state index contributed by atoms with van der Waals surface area (Å²) in [4.78, 5) is 4.54. The maximum Gasteiger partial charge on any atom is 0.150 e. The molecule has 18 heavy (non-hydrogen) atoms. The molecule has 2 rings (SSSR count). The summed E-state index contributed by atoms with van der Waals surface area (Å²) in [5.74, 6) is 2.45. The van der Waals surface area contributed by atoms with Gasteiger partial charge in [-0.1, -0.05) is 18.7 Å². The zero-order valence-corrected chi connectivity index (χ0v) is 13.2. The van der Waals surface area contributed by atoms with Gasteiger partial charge < -0.3 is 5.32 Å². The average molecular weight is 299 g/mol. The third-order valence-electron chi connectivity index (χ3n) is 2.54. The number of aromatic nitrogens is 1. The van der Waals surface area contributed by atoms with Crippen LogP contribution < -0.4 is 5.32 Å². The summed E-state index contributed by atoms with van der Waals surface area (Å²) >= 11 is 5.48. The molecule has 0 atom stereocenters. The summed E-state index contributed by atoms with van der Waals surface area (Å²) in [5.41, 5.74) is 2.32. The normalized spacial score (nSPS) is 11.0. The fourth-order valence-corrected chi connectivity index (χ4v) is 3.82. The van der Waals surface area contributed by atoms with Gasteiger partial charge in [0, 0.05) is 12.2 Å². The van der Waals surface area contributed by atoms with Crippen molar-refractivity contribution in [3.05, 3.63) is 18.2 Å². The molecule has 0 radical (unpaired) electrons. The van der Waals surface area contributed by atoms with Gasteiger partial charge in [0.25, 0.3) is 0 Å². The number of thiazole rings is 1. The highest BCUT2D eigenvalue weighted by Crippen LogP contribution is 2.29. The van der Waals surface area contributed by atoms with Crippen molar-refractivity contribution in [3.8, 4) is 0 Å².